The van der Waals surface area contributed by atoms with Gasteiger partial charge in [-0.15, -0.1) is 0 Å². The topological polar surface area (TPSA) is 118 Å². The van der Waals surface area contributed by atoms with Gasteiger partial charge in [-0.1, -0.05) is 6.07 Å². The Balaban J connectivity index is 0.000000649. The fourth-order valence-electron chi connectivity index (χ4n) is 3.97. The van der Waals surface area contributed by atoms with E-state index in [1.807, 2.05) is 102 Å². The van der Waals surface area contributed by atoms with Gasteiger partial charge in [-0.25, -0.2) is 19.9 Å². The second-order valence-electron chi connectivity index (χ2n) is 9.36. The molecule has 0 aromatic carbocycles. The zero-order valence-corrected chi connectivity index (χ0v) is 31.0. The molecule has 0 aliphatic heterocycles. The number of imidazole rings is 4. The van der Waals surface area contributed by atoms with Crippen molar-refractivity contribution in [3.05, 3.63) is 92.3 Å². The number of hydrogen-bond donors (Lipinski definition) is 1. The van der Waals surface area contributed by atoms with Crippen LogP contribution in [0.15, 0.2) is 92.3 Å². The molecule has 16 heteroatoms. The summed E-state index contributed by atoms with van der Waals surface area (Å²) in [5.41, 5.74) is 2.83. The van der Waals surface area contributed by atoms with Crippen molar-refractivity contribution < 1.29 is 61.7 Å². The minimum atomic E-state index is 0. The molecule has 0 aliphatic rings. The van der Waals surface area contributed by atoms with Crippen LogP contribution < -0.4 is 42.5 Å². The number of aryl methyl sites for hydroxylation is 4. The molecule has 0 saturated heterocycles. The van der Waals surface area contributed by atoms with Crippen LogP contribution in [-0.2, 0) is 52.7 Å². The van der Waals surface area contributed by atoms with Crippen molar-refractivity contribution in [2.45, 2.75) is 6.42 Å². The summed E-state index contributed by atoms with van der Waals surface area (Å²) in [7, 11) is 9.54. The first-order chi connectivity index (χ1) is 20.5. The fourth-order valence-corrected chi connectivity index (χ4v) is 3.97. The van der Waals surface area contributed by atoms with E-state index in [9.17, 15) is 0 Å². The summed E-state index contributed by atoms with van der Waals surface area (Å²) in [6.07, 6.45) is 19.3. The number of anilines is 1. The molecule has 12 nitrogen and oxygen atoms in total. The summed E-state index contributed by atoms with van der Waals surface area (Å²) >= 11 is 0. The number of pyridine rings is 2. The van der Waals surface area contributed by atoms with Crippen LogP contribution in [0.1, 0.15) is 6.42 Å². The molecule has 0 bridgehead atoms. The van der Waals surface area contributed by atoms with Gasteiger partial charge in [0.2, 0.25) is 0 Å². The third-order valence-electron chi connectivity index (χ3n) is 6.23. The Morgan fingerprint density at radius 1 is 0.587 bits per heavy atom. The van der Waals surface area contributed by atoms with Crippen molar-refractivity contribution in [2.24, 2.45) is 28.2 Å². The number of rotatable bonds is 8. The molecule has 0 spiro atoms. The van der Waals surface area contributed by atoms with Gasteiger partial charge in [0.15, 0.2) is 23.3 Å². The summed E-state index contributed by atoms with van der Waals surface area (Å²) in [6, 6.07) is 9.78. The van der Waals surface area contributed by atoms with Gasteiger partial charge in [0.05, 0.1) is 11.4 Å². The summed E-state index contributed by atoms with van der Waals surface area (Å²) in [5.74, 6) is 3.56. The van der Waals surface area contributed by atoms with Gasteiger partial charge >= 0.3 is 0 Å². The van der Waals surface area contributed by atoms with Crippen LogP contribution in [-0.4, -0.2) is 68.4 Å². The number of hydrogen-bond acceptors (Lipinski definition) is 8. The first-order valence-electron chi connectivity index (χ1n) is 13.5. The Labute approximate surface area is 301 Å². The maximum atomic E-state index is 5.01. The third-order valence-corrected chi connectivity index (χ3v) is 6.23. The largest absolute Gasteiger partial charge is 1.00 e. The zero-order valence-electron chi connectivity index (χ0n) is 26.1. The summed E-state index contributed by atoms with van der Waals surface area (Å²) in [5, 5.41) is 3.34. The van der Waals surface area contributed by atoms with Crippen LogP contribution in [0.2, 0.25) is 0 Å². The number of aromatic nitrogens is 10. The molecular weight excluding hydrogens is 827 g/mol. The summed E-state index contributed by atoms with van der Waals surface area (Å²) in [6.45, 7) is 1.66. The van der Waals surface area contributed by atoms with E-state index in [1.54, 1.807) is 44.3 Å². The second kappa shape index (κ2) is 22.0. The molecule has 6 heterocycles. The minimum Gasteiger partial charge on any atom is -1.00 e. The van der Waals surface area contributed by atoms with Crippen molar-refractivity contribution in [1.82, 2.24) is 48.2 Å². The molecule has 1 N–H and O–H groups in total. The van der Waals surface area contributed by atoms with Crippen LogP contribution in [0.4, 0.5) is 5.69 Å². The molecule has 6 aromatic rings. The summed E-state index contributed by atoms with van der Waals surface area (Å²) in [4.78, 5) is 25.4. The van der Waals surface area contributed by atoms with E-state index in [2.05, 4.69) is 35.2 Å². The van der Waals surface area contributed by atoms with Crippen LogP contribution in [0.3, 0.4) is 0 Å². The smallest absolute Gasteiger partial charge is 0.176 e. The third kappa shape index (κ3) is 12.0. The molecule has 0 unspecified atom stereocenters. The van der Waals surface area contributed by atoms with E-state index >= 15 is 0 Å². The molecule has 6 rings (SSSR count). The van der Waals surface area contributed by atoms with E-state index in [0.29, 0.717) is 0 Å². The van der Waals surface area contributed by atoms with Gasteiger partial charge in [-0.05, 0) is 30.7 Å². The van der Waals surface area contributed by atoms with Gasteiger partial charge in [-0.2, -0.15) is 0 Å². The molecule has 6 aromatic heterocycles. The van der Waals surface area contributed by atoms with Crippen molar-refractivity contribution in [2.75, 3.05) is 25.6 Å². The molecule has 0 aliphatic carbocycles. The van der Waals surface area contributed by atoms with E-state index in [1.165, 1.54) is 0 Å². The van der Waals surface area contributed by atoms with Gasteiger partial charge in [0.25, 0.3) is 0 Å². The monoisotopic (exact) mass is 864 g/mol. The second-order valence-corrected chi connectivity index (χ2v) is 9.36. The standard InChI is InChI=1S/C14H17N3O.2C8H10N4.3ClH.Os/c1-18-10-4-8-15-12-6-9-17-14(11-12)13-5-2-3-7-16-13;2*1-11-5-3-9-7(11)8-10-4-6-12(8)2;;;;/h2-3,5-7,9,11H,4,8,10H2,1H3,(H,15,17);2*3-6H,1-2H3;3*1H;/p-3. The van der Waals surface area contributed by atoms with Crippen LogP contribution in [0.25, 0.3) is 34.7 Å². The number of nitrogens with one attached hydrogen (secondary N) is 1. The van der Waals surface area contributed by atoms with Gasteiger partial charge in [0, 0.05) is 136 Å². The van der Waals surface area contributed by atoms with Gasteiger partial charge in [0.1, 0.15) is 0 Å². The SMILES string of the molecule is COCCCNc1ccnc(-c2ccccn2)c1.Cn1ccnc1-c1nccn1C.Cn1ccnc1-c1nccn1C.[Cl-].[Cl-].[Cl-].[Os]. The van der Waals surface area contributed by atoms with E-state index < -0.39 is 0 Å². The minimum absolute atomic E-state index is 0. The molecule has 0 amide bonds. The molecule has 0 fully saturated rings. The Kier molecular flexibility index (Phi) is 20.3. The first-order valence-corrected chi connectivity index (χ1v) is 13.5. The molecular formula is C30H37Cl3N11OOs-3. The van der Waals surface area contributed by atoms with Gasteiger partial charge < -0.3 is 65.5 Å². The normalized spacial score (nSPS) is 9.50. The molecule has 0 radical (unpaired) electrons. The Morgan fingerprint density at radius 3 is 1.41 bits per heavy atom. The number of nitrogens with zero attached hydrogens (tertiary/aromatic N) is 10. The van der Waals surface area contributed by atoms with Crippen molar-refractivity contribution in [1.29, 1.82) is 0 Å². The van der Waals surface area contributed by atoms with Gasteiger partial charge in [-0.3, -0.25) is 9.97 Å². The predicted octanol–water partition coefficient (Wildman–Crippen LogP) is -4.76. The molecule has 46 heavy (non-hydrogen) atoms. The number of methoxy groups -OCH3 is 1. The van der Waals surface area contributed by atoms with Crippen molar-refractivity contribution >= 4 is 5.69 Å². The fraction of sp³-hybridized carbons (Fsp3) is 0.267. The molecule has 0 atom stereocenters. The van der Waals surface area contributed by atoms with Crippen LogP contribution >= 0.6 is 0 Å². The maximum absolute atomic E-state index is 5.01. The summed E-state index contributed by atoms with van der Waals surface area (Å²) < 4.78 is 12.8. The zero-order chi connectivity index (χ0) is 29.7. The Bertz CT molecular complexity index is 1500. The Hall–Kier alpha value is -3.59. The van der Waals surface area contributed by atoms with Crippen molar-refractivity contribution in [3.8, 4) is 34.7 Å². The maximum Gasteiger partial charge on any atom is 0.176 e. The van der Waals surface area contributed by atoms with Crippen LogP contribution in [0, 0.1) is 0 Å². The predicted molar refractivity (Wildman–Crippen MR) is 163 cm³/mol. The van der Waals surface area contributed by atoms with E-state index in [4.69, 9.17) is 4.74 Å². The number of ether oxygens (including phenoxy) is 1. The van der Waals surface area contributed by atoms with Crippen LogP contribution in [0.5, 0.6) is 0 Å². The van der Waals surface area contributed by atoms with E-state index in [-0.39, 0.29) is 57.0 Å². The Morgan fingerprint density at radius 2 is 1.04 bits per heavy atom. The number of halogens is 3. The average Bonchev–Trinajstić information content (AvgIpc) is 3.82. The average molecular weight is 864 g/mol. The molecule has 250 valence electrons. The first kappa shape index (κ1) is 42.4. The van der Waals surface area contributed by atoms with Crippen molar-refractivity contribution in [3.63, 3.8) is 0 Å². The quantitative estimate of drug-likeness (QED) is 0.152. The molecule has 0 saturated carbocycles. The van der Waals surface area contributed by atoms with E-state index in [0.717, 1.165) is 59.9 Å².